The van der Waals surface area contributed by atoms with E-state index in [1.165, 1.54) is 61.8 Å². The van der Waals surface area contributed by atoms with E-state index in [2.05, 4.69) is 58.7 Å². The van der Waals surface area contributed by atoms with E-state index >= 15 is 0 Å². The van der Waals surface area contributed by atoms with Crippen molar-refractivity contribution in [1.82, 2.24) is 4.90 Å². The number of ketones is 1. The van der Waals surface area contributed by atoms with E-state index in [1.54, 1.807) is 0 Å². The molecular weight excluding hydrogens is 380 g/mol. The Morgan fingerprint density at radius 3 is 2.42 bits per heavy atom. The molecule has 0 radical (unpaired) electrons. The van der Waals surface area contributed by atoms with E-state index in [0.29, 0.717) is 24.2 Å². The van der Waals surface area contributed by atoms with Crippen molar-refractivity contribution in [3.05, 3.63) is 65.7 Å². The molecule has 0 amide bonds. The fourth-order valence-electron chi connectivity index (χ4n) is 5.26. The minimum atomic E-state index is 0.425. The molecule has 2 fully saturated rings. The van der Waals surface area contributed by atoms with E-state index < -0.39 is 0 Å². The number of Topliss-reactive ketones (excluding diaryl/α,β-unsaturated/α-hetero) is 1. The molecule has 1 unspecified atom stereocenters. The van der Waals surface area contributed by atoms with Crippen molar-refractivity contribution < 1.29 is 4.79 Å². The van der Waals surface area contributed by atoms with Crippen LogP contribution in [0.25, 0.3) is 0 Å². The second-order valence-electron chi connectivity index (χ2n) is 9.65. The van der Waals surface area contributed by atoms with Crippen molar-refractivity contribution in [1.29, 1.82) is 0 Å². The number of carbonyl (C=O) groups excluding carboxylic acids is 1. The van der Waals surface area contributed by atoms with Gasteiger partial charge in [0.25, 0.3) is 0 Å². The van der Waals surface area contributed by atoms with Crippen LogP contribution in [0.2, 0.25) is 0 Å². The maximum atomic E-state index is 12.5. The standard InChI is InChI=1S/C28H38N2O/c31-28(18-15-23-8-3-1-4-9-23)20-25-10-7-19-30(22-25)21-24-13-16-27(17-14-24)29-26-11-5-2-6-12-26/h1,3-4,8-9,13-14,16-17,25-26,29H,2,5-7,10-12,15,18-22H2. The molecule has 0 aromatic heterocycles. The molecule has 2 aromatic carbocycles. The number of aryl methyl sites for hydroxylation is 1. The van der Waals surface area contributed by atoms with Gasteiger partial charge in [0.05, 0.1) is 0 Å². The Morgan fingerprint density at radius 2 is 1.65 bits per heavy atom. The third-order valence-electron chi connectivity index (χ3n) is 6.99. The minimum Gasteiger partial charge on any atom is -0.382 e. The lowest BCUT2D eigenvalue weighted by molar-refractivity contribution is -0.120. The summed E-state index contributed by atoms with van der Waals surface area (Å²) in [7, 11) is 0. The molecule has 1 atom stereocenters. The van der Waals surface area contributed by atoms with Crippen LogP contribution in [0.15, 0.2) is 54.6 Å². The van der Waals surface area contributed by atoms with Crippen LogP contribution in [0.1, 0.15) is 68.9 Å². The molecule has 1 saturated heterocycles. The lowest BCUT2D eigenvalue weighted by Gasteiger charge is -2.32. The Bertz CT molecular complexity index is 796. The van der Waals surface area contributed by atoms with Crippen molar-refractivity contribution in [2.75, 3.05) is 18.4 Å². The number of nitrogens with one attached hydrogen (secondary N) is 1. The Kier molecular flexibility index (Phi) is 8.17. The molecule has 1 saturated carbocycles. The quantitative estimate of drug-likeness (QED) is 0.523. The Hall–Kier alpha value is -2.13. The fourth-order valence-corrected chi connectivity index (χ4v) is 5.26. The zero-order valence-corrected chi connectivity index (χ0v) is 18.9. The van der Waals surface area contributed by atoms with E-state index in [1.807, 2.05) is 6.07 Å². The second-order valence-corrected chi connectivity index (χ2v) is 9.65. The minimum absolute atomic E-state index is 0.425. The van der Waals surface area contributed by atoms with Crippen LogP contribution in [0.5, 0.6) is 0 Å². The lowest BCUT2D eigenvalue weighted by Crippen LogP contribution is -2.35. The Morgan fingerprint density at radius 1 is 0.871 bits per heavy atom. The molecule has 2 aromatic rings. The first kappa shape index (κ1) is 22.1. The largest absolute Gasteiger partial charge is 0.382 e. The summed E-state index contributed by atoms with van der Waals surface area (Å²) in [5.41, 5.74) is 3.91. The maximum Gasteiger partial charge on any atom is 0.133 e. The first-order valence-corrected chi connectivity index (χ1v) is 12.4. The SMILES string of the molecule is O=C(CCc1ccccc1)CC1CCCN(Cc2ccc(NC3CCCCC3)cc2)C1. The predicted molar refractivity (Wildman–Crippen MR) is 129 cm³/mol. The molecule has 4 rings (SSSR count). The van der Waals surface area contributed by atoms with Crippen molar-refractivity contribution in [2.24, 2.45) is 5.92 Å². The molecule has 1 aliphatic carbocycles. The van der Waals surface area contributed by atoms with E-state index in [0.717, 1.165) is 32.5 Å². The average molecular weight is 419 g/mol. The number of benzene rings is 2. The summed E-state index contributed by atoms with van der Waals surface area (Å²) < 4.78 is 0. The Labute approximate surface area is 188 Å². The third kappa shape index (κ3) is 7.21. The lowest BCUT2D eigenvalue weighted by atomic mass is 9.91. The summed E-state index contributed by atoms with van der Waals surface area (Å²) in [6, 6.07) is 20.1. The predicted octanol–water partition coefficient (Wildman–Crippen LogP) is 6.24. The van der Waals surface area contributed by atoms with Crippen molar-refractivity contribution in [3.8, 4) is 0 Å². The number of hydrogen-bond donors (Lipinski definition) is 1. The van der Waals surface area contributed by atoms with Crippen LogP contribution in [-0.2, 0) is 17.8 Å². The second kappa shape index (κ2) is 11.5. The monoisotopic (exact) mass is 418 g/mol. The molecule has 31 heavy (non-hydrogen) atoms. The van der Waals surface area contributed by atoms with Gasteiger partial charge in [-0.1, -0.05) is 61.7 Å². The van der Waals surface area contributed by atoms with Gasteiger partial charge >= 0.3 is 0 Å². The maximum absolute atomic E-state index is 12.5. The van der Waals surface area contributed by atoms with Crippen LogP contribution in [0.3, 0.4) is 0 Å². The number of carbonyl (C=O) groups is 1. The number of anilines is 1. The van der Waals surface area contributed by atoms with Gasteiger partial charge in [-0.3, -0.25) is 9.69 Å². The fraction of sp³-hybridized carbons (Fsp3) is 0.536. The number of nitrogens with zero attached hydrogens (tertiary/aromatic N) is 1. The zero-order chi connectivity index (χ0) is 21.3. The number of hydrogen-bond acceptors (Lipinski definition) is 3. The van der Waals surface area contributed by atoms with Crippen molar-refractivity contribution >= 4 is 11.5 Å². The topological polar surface area (TPSA) is 32.3 Å². The number of likely N-dealkylation sites (tertiary alicyclic amines) is 1. The molecule has 0 spiro atoms. The molecule has 1 N–H and O–H groups in total. The van der Waals surface area contributed by atoms with Crippen LogP contribution >= 0.6 is 0 Å². The summed E-state index contributed by atoms with van der Waals surface area (Å²) in [5.74, 6) is 0.943. The molecule has 1 aliphatic heterocycles. The summed E-state index contributed by atoms with van der Waals surface area (Å²) in [6.07, 6.45) is 11.4. The summed E-state index contributed by atoms with van der Waals surface area (Å²) in [4.78, 5) is 15.1. The smallest absolute Gasteiger partial charge is 0.133 e. The van der Waals surface area contributed by atoms with Gasteiger partial charge in [-0.15, -0.1) is 0 Å². The summed E-state index contributed by atoms with van der Waals surface area (Å²) in [6.45, 7) is 3.20. The van der Waals surface area contributed by atoms with E-state index in [4.69, 9.17) is 0 Å². The zero-order valence-electron chi connectivity index (χ0n) is 18.9. The Balaban J connectivity index is 1.20. The first-order chi connectivity index (χ1) is 15.2. The molecule has 3 nitrogen and oxygen atoms in total. The molecule has 1 heterocycles. The van der Waals surface area contributed by atoms with Gasteiger partial charge < -0.3 is 5.32 Å². The van der Waals surface area contributed by atoms with Crippen LogP contribution in [0, 0.1) is 5.92 Å². The van der Waals surface area contributed by atoms with Gasteiger partial charge in [0, 0.05) is 37.7 Å². The molecular formula is C28H38N2O. The van der Waals surface area contributed by atoms with Gasteiger partial charge in [-0.05, 0) is 67.8 Å². The van der Waals surface area contributed by atoms with Crippen molar-refractivity contribution in [3.63, 3.8) is 0 Å². The summed E-state index contributed by atoms with van der Waals surface area (Å²) >= 11 is 0. The normalized spacial score (nSPS) is 20.5. The van der Waals surface area contributed by atoms with Gasteiger partial charge in [0.1, 0.15) is 5.78 Å². The summed E-state index contributed by atoms with van der Waals surface area (Å²) in [5, 5.41) is 3.71. The molecule has 3 heteroatoms. The molecule has 0 bridgehead atoms. The van der Waals surface area contributed by atoms with E-state index in [9.17, 15) is 4.79 Å². The highest BCUT2D eigenvalue weighted by Gasteiger charge is 2.22. The average Bonchev–Trinajstić information content (AvgIpc) is 2.81. The van der Waals surface area contributed by atoms with Gasteiger partial charge in [0.2, 0.25) is 0 Å². The number of rotatable bonds is 9. The van der Waals surface area contributed by atoms with Crippen molar-refractivity contribution in [2.45, 2.75) is 76.8 Å². The highest BCUT2D eigenvalue weighted by atomic mass is 16.1. The third-order valence-corrected chi connectivity index (χ3v) is 6.99. The highest BCUT2D eigenvalue weighted by Crippen LogP contribution is 2.24. The molecule has 166 valence electrons. The van der Waals surface area contributed by atoms with Gasteiger partial charge in [-0.25, -0.2) is 0 Å². The van der Waals surface area contributed by atoms with Crippen LogP contribution in [0.4, 0.5) is 5.69 Å². The van der Waals surface area contributed by atoms with Crippen LogP contribution in [-0.4, -0.2) is 29.8 Å². The highest BCUT2D eigenvalue weighted by molar-refractivity contribution is 5.78. The number of piperidine rings is 1. The van der Waals surface area contributed by atoms with E-state index in [-0.39, 0.29) is 0 Å². The van der Waals surface area contributed by atoms with Crippen LogP contribution < -0.4 is 5.32 Å². The van der Waals surface area contributed by atoms with Gasteiger partial charge in [0.15, 0.2) is 0 Å². The van der Waals surface area contributed by atoms with Gasteiger partial charge in [-0.2, -0.15) is 0 Å². The molecule has 2 aliphatic rings. The first-order valence-electron chi connectivity index (χ1n) is 12.4.